The normalized spacial score (nSPS) is 11.6. The molecule has 1 amide bonds. The number of ketones is 1. The number of sulfonamides is 2. The molecule has 0 saturated heterocycles. The summed E-state index contributed by atoms with van der Waals surface area (Å²) in [5, 5.41) is 7.46. The van der Waals surface area contributed by atoms with E-state index in [2.05, 4.69) is 10.0 Å². The number of amides is 1. The van der Waals surface area contributed by atoms with Crippen molar-refractivity contribution in [2.24, 2.45) is 5.14 Å². The number of carbonyl (C=O) groups is 2. The Labute approximate surface area is 156 Å². The highest BCUT2D eigenvalue weighted by Crippen LogP contribution is 2.19. The minimum Gasteiger partial charge on any atom is -0.326 e. The van der Waals surface area contributed by atoms with Crippen molar-refractivity contribution in [2.75, 3.05) is 10.0 Å². The maximum atomic E-state index is 12.4. The maximum absolute atomic E-state index is 12.4. The number of nitrogens with two attached hydrogens (primary N) is 1. The van der Waals surface area contributed by atoms with Crippen LogP contribution in [0.15, 0.2) is 58.3 Å². The fourth-order valence-corrected chi connectivity index (χ4v) is 3.65. The molecule has 0 aliphatic heterocycles. The van der Waals surface area contributed by atoms with E-state index in [-0.39, 0.29) is 27.7 Å². The lowest BCUT2D eigenvalue weighted by Gasteiger charge is -2.10. The Balaban J connectivity index is 2.12. The second kappa shape index (κ2) is 7.86. The quantitative estimate of drug-likeness (QED) is 0.579. The molecule has 0 spiro atoms. The lowest BCUT2D eigenvalue weighted by atomic mass is 10.2. The van der Waals surface area contributed by atoms with E-state index in [9.17, 15) is 26.4 Å². The van der Waals surface area contributed by atoms with Crippen molar-refractivity contribution in [1.29, 1.82) is 0 Å². The fourth-order valence-electron chi connectivity index (χ4n) is 2.08. The SMILES string of the molecule is CC(=O)CC(=O)Nc1ccc(S(=O)(=O)Nc2ccc(S(N)(=O)=O)cc2)cc1. The first kappa shape index (κ1) is 20.6. The minimum atomic E-state index is -3.92. The van der Waals surface area contributed by atoms with Crippen LogP contribution < -0.4 is 15.2 Å². The number of hydrogen-bond donors (Lipinski definition) is 3. The smallest absolute Gasteiger partial charge is 0.261 e. The molecule has 9 nitrogen and oxygen atoms in total. The highest BCUT2D eigenvalue weighted by molar-refractivity contribution is 7.92. The largest absolute Gasteiger partial charge is 0.326 e. The highest BCUT2D eigenvalue weighted by Gasteiger charge is 2.15. The second-order valence-electron chi connectivity index (χ2n) is 5.63. The standard InChI is InChI=1S/C16H17N3O6S2/c1-11(20)10-16(21)18-12-2-8-15(9-3-12)27(24,25)19-13-4-6-14(7-5-13)26(17,22)23/h2-9,19H,10H2,1H3,(H,18,21)(H2,17,22,23). The van der Waals surface area contributed by atoms with Crippen molar-refractivity contribution in [3.05, 3.63) is 48.5 Å². The molecule has 0 saturated carbocycles. The van der Waals surface area contributed by atoms with Crippen molar-refractivity contribution in [3.63, 3.8) is 0 Å². The first-order chi connectivity index (χ1) is 12.5. The average Bonchev–Trinajstić information content (AvgIpc) is 2.53. The molecule has 2 aromatic rings. The van der Waals surface area contributed by atoms with Crippen LogP contribution in [0, 0.1) is 0 Å². The molecule has 0 atom stereocenters. The van der Waals surface area contributed by atoms with Crippen LogP contribution in [0.1, 0.15) is 13.3 Å². The number of benzene rings is 2. The zero-order valence-electron chi connectivity index (χ0n) is 14.2. The number of primary sulfonamides is 1. The molecule has 144 valence electrons. The lowest BCUT2D eigenvalue weighted by molar-refractivity contribution is -0.124. The highest BCUT2D eigenvalue weighted by atomic mass is 32.2. The Kier molecular flexibility index (Phi) is 5.98. The Bertz CT molecular complexity index is 1060. The van der Waals surface area contributed by atoms with Gasteiger partial charge in [-0.2, -0.15) is 0 Å². The van der Waals surface area contributed by atoms with Gasteiger partial charge < -0.3 is 5.32 Å². The number of nitrogens with one attached hydrogen (secondary N) is 2. The Hall–Kier alpha value is -2.76. The number of anilines is 2. The minimum absolute atomic E-state index is 0.0670. The van der Waals surface area contributed by atoms with Crippen LogP contribution >= 0.6 is 0 Å². The molecule has 0 unspecified atom stereocenters. The molecule has 0 aliphatic rings. The van der Waals surface area contributed by atoms with Crippen molar-refractivity contribution >= 4 is 43.1 Å². The summed E-state index contributed by atoms with van der Waals surface area (Å²) < 4.78 is 49.5. The number of carbonyl (C=O) groups excluding carboxylic acids is 2. The summed E-state index contributed by atoms with van der Waals surface area (Å²) in [6, 6.07) is 10.2. The summed E-state index contributed by atoms with van der Waals surface area (Å²) in [6.07, 6.45) is -0.268. The van der Waals surface area contributed by atoms with Crippen LogP contribution in [0.2, 0.25) is 0 Å². The van der Waals surface area contributed by atoms with Crippen molar-refractivity contribution < 1.29 is 26.4 Å². The zero-order chi connectivity index (χ0) is 20.2. The molecular formula is C16H17N3O6S2. The molecule has 2 rings (SSSR count). The predicted octanol–water partition coefficient (Wildman–Crippen LogP) is 1.05. The topological polar surface area (TPSA) is 152 Å². The van der Waals surface area contributed by atoms with Gasteiger partial charge in [-0.15, -0.1) is 0 Å². The summed E-state index contributed by atoms with van der Waals surface area (Å²) in [5.74, 6) is -0.782. The maximum Gasteiger partial charge on any atom is 0.261 e. The third-order valence-electron chi connectivity index (χ3n) is 3.29. The van der Waals surface area contributed by atoms with E-state index in [4.69, 9.17) is 5.14 Å². The molecule has 0 bridgehead atoms. The fraction of sp³-hybridized carbons (Fsp3) is 0.125. The van der Waals surface area contributed by atoms with E-state index in [1.54, 1.807) is 0 Å². The van der Waals surface area contributed by atoms with Crippen LogP contribution in [0.4, 0.5) is 11.4 Å². The lowest BCUT2D eigenvalue weighted by Crippen LogP contribution is -2.16. The van der Waals surface area contributed by atoms with Crippen molar-refractivity contribution in [1.82, 2.24) is 0 Å². The summed E-state index contributed by atoms with van der Waals surface area (Å²) >= 11 is 0. The van der Waals surface area contributed by atoms with Gasteiger partial charge in [-0.25, -0.2) is 22.0 Å². The van der Waals surface area contributed by atoms with E-state index < -0.39 is 26.0 Å². The predicted molar refractivity (Wildman–Crippen MR) is 99.0 cm³/mol. The van der Waals surface area contributed by atoms with Crippen LogP contribution in [0.3, 0.4) is 0 Å². The molecule has 2 aromatic carbocycles. The Morgan fingerprint density at radius 3 is 1.81 bits per heavy atom. The third kappa shape index (κ3) is 5.88. The molecule has 0 aromatic heterocycles. The summed E-state index contributed by atoms with van der Waals surface area (Å²) in [5.41, 5.74) is 0.499. The van der Waals surface area contributed by atoms with Gasteiger partial charge >= 0.3 is 0 Å². The molecule has 0 fully saturated rings. The monoisotopic (exact) mass is 411 g/mol. The van der Waals surface area contributed by atoms with Gasteiger partial charge in [0.1, 0.15) is 5.78 Å². The summed E-state index contributed by atoms with van der Waals surface area (Å²) in [6.45, 7) is 1.29. The van der Waals surface area contributed by atoms with Gasteiger partial charge in [0.2, 0.25) is 15.9 Å². The number of hydrogen-bond acceptors (Lipinski definition) is 6. The van der Waals surface area contributed by atoms with E-state index in [0.29, 0.717) is 5.69 Å². The summed E-state index contributed by atoms with van der Waals surface area (Å²) in [4.78, 5) is 22.2. The van der Waals surface area contributed by atoms with Gasteiger partial charge in [0, 0.05) is 11.4 Å². The molecule has 0 aliphatic carbocycles. The molecular weight excluding hydrogens is 394 g/mol. The second-order valence-corrected chi connectivity index (χ2v) is 8.87. The average molecular weight is 411 g/mol. The van der Waals surface area contributed by atoms with Gasteiger partial charge in [-0.05, 0) is 55.5 Å². The van der Waals surface area contributed by atoms with Crippen LogP contribution in [0.5, 0.6) is 0 Å². The van der Waals surface area contributed by atoms with Gasteiger partial charge in [-0.3, -0.25) is 14.3 Å². The van der Waals surface area contributed by atoms with Gasteiger partial charge in [0.05, 0.1) is 16.2 Å². The van der Waals surface area contributed by atoms with Gasteiger partial charge in [-0.1, -0.05) is 0 Å². The molecule has 0 radical (unpaired) electrons. The van der Waals surface area contributed by atoms with E-state index in [0.717, 1.165) is 0 Å². The van der Waals surface area contributed by atoms with Crippen molar-refractivity contribution in [2.45, 2.75) is 23.1 Å². The first-order valence-electron chi connectivity index (χ1n) is 7.52. The van der Waals surface area contributed by atoms with Crippen molar-refractivity contribution in [3.8, 4) is 0 Å². The van der Waals surface area contributed by atoms with E-state index in [1.165, 1.54) is 55.5 Å². The molecule has 0 heterocycles. The van der Waals surface area contributed by atoms with E-state index >= 15 is 0 Å². The number of rotatable bonds is 7. The third-order valence-corrected chi connectivity index (χ3v) is 5.62. The molecule has 27 heavy (non-hydrogen) atoms. The van der Waals surface area contributed by atoms with Crippen LogP contribution in [-0.2, 0) is 29.6 Å². The Morgan fingerprint density at radius 2 is 1.33 bits per heavy atom. The number of Topliss-reactive ketones (excluding diaryl/α,β-unsaturated/α-hetero) is 1. The van der Waals surface area contributed by atoms with Crippen LogP contribution in [-0.4, -0.2) is 28.5 Å². The summed E-state index contributed by atoms with van der Waals surface area (Å²) in [7, 11) is -7.79. The van der Waals surface area contributed by atoms with E-state index in [1.807, 2.05) is 0 Å². The molecule has 4 N–H and O–H groups in total. The van der Waals surface area contributed by atoms with Gasteiger partial charge in [0.25, 0.3) is 10.0 Å². The first-order valence-corrected chi connectivity index (χ1v) is 10.6. The Morgan fingerprint density at radius 1 is 0.852 bits per heavy atom. The van der Waals surface area contributed by atoms with Crippen LogP contribution in [0.25, 0.3) is 0 Å². The zero-order valence-corrected chi connectivity index (χ0v) is 15.8. The van der Waals surface area contributed by atoms with Gasteiger partial charge in [0.15, 0.2) is 0 Å². The molecule has 11 heteroatoms.